The molecule has 0 atom stereocenters. The molecule has 1 aromatic carbocycles. The fraction of sp³-hybridized carbons (Fsp3) is 0.400. The van der Waals surface area contributed by atoms with E-state index in [2.05, 4.69) is 20.4 Å². The van der Waals surface area contributed by atoms with Gasteiger partial charge in [-0.15, -0.1) is 0 Å². The van der Waals surface area contributed by atoms with Gasteiger partial charge in [0.05, 0.1) is 24.2 Å². The van der Waals surface area contributed by atoms with Crippen LogP contribution in [0.4, 0.5) is 5.95 Å². The van der Waals surface area contributed by atoms with Gasteiger partial charge in [0, 0.05) is 23.7 Å². The molecule has 4 rings (SSSR count). The van der Waals surface area contributed by atoms with Gasteiger partial charge in [0.1, 0.15) is 0 Å². The van der Waals surface area contributed by atoms with Crippen LogP contribution in [0.3, 0.4) is 0 Å². The van der Waals surface area contributed by atoms with Crippen molar-refractivity contribution in [2.24, 2.45) is 5.92 Å². The van der Waals surface area contributed by atoms with Gasteiger partial charge in [-0.1, -0.05) is 18.2 Å². The molecule has 0 aliphatic heterocycles. The molecule has 27 heavy (non-hydrogen) atoms. The highest BCUT2D eigenvalue weighted by Crippen LogP contribution is 2.27. The lowest BCUT2D eigenvalue weighted by Crippen LogP contribution is -2.30. The van der Waals surface area contributed by atoms with Crippen LogP contribution in [0.15, 0.2) is 42.7 Å². The van der Waals surface area contributed by atoms with Crippen molar-refractivity contribution in [2.75, 3.05) is 11.9 Å². The number of nitrogens with one attached hydrogen (secondary N) is 1. The highest BCUT2D eigenvalue weighted by atomic mass is 16.5. The molecule has 0 saturated heterocycles. The van der Waals surface area contributed by atoms with E-state index in [1.807, 2.05) is 48.1 Å². The first-order chi connectivity index (χ1) is 13.2. The van der Waals surface area contributed by atoms with Crippen LogP contribution in [0.2, 0.25) is 0 Å². The SMILES string of the molecule is CCOC(=O)C1CCC(Nc2nccc(-n3ncc4ccccc43)n2)CC1. The molecule has 0 unspecified atom stereocenters. The second-order valence-electron chi connectivity index (χ2n) is 6.80. The number of hydrogen-bond donors (Lipinski definition) is 1. The van der Waals surface area contributed by atoms with Crippen molar-refractivity contribution in [3.05, 3.63) is 42.7 Å². The number of carbonyl (C=O) groups excluding carboxylic acids is 1. The van der Waals surface area contributed by atoms with Crippen LogP contribution in [0, 0.1) is 5.92 Å². The Labute approximate surface area is 157 Å². The molecule has 1 N–H and O–H groups in total. The summed E-state index contributed by atoms with van der Waals surface area (Å²) in [5, 5.41) is 8.93. The molecule has 0 radical (unpaired) electrons. The second-order valence-corrected chi connectivity index (χ2v) is 6.80. The van der Waals surface area contributed by atoms with Crippen LogP contribution >= 0.6 is 0 Å². The van der Waals surface area contributed by atoms with Crippen molar-refractivity contribution in [3.63, 3.8) is 0 Å². The molecule has 2 aromatic heterocycles. The summed E-state index contributed by atoms with van der Waals surface area (Å²) in [6.07, 6.45) is 7.05. The molecule has 0 bridgehead atoms. The molecule has 2 heterocycles. The number of benzene rings is 1. The maximum absolute atomic E-state index is 11.9. The highest BCUT2D eigenvalue weighted by Gasteiger charge is 2.27. The van der Waals surface area contributed by atoms with E-state index in [4.69, 9.17) is 4.74 Å². The van der Waals surface area contributed by atoms with Crippen LogP contribution in [0.5, 0.6) is 0 Å². The molecule has 1 fully saturated rings. The van der Waals surface area contributed by atoms with Crippen LogP contribution in [-0.4, -0.2) is 38.4 Å². The largest absolute Gasteiger partial charge is 0.466 e. The number of nitrogens with zero attached hydrogens (tertiary/aromatic N) is 4. The molecule has 0 spiro atoms. The van der Waals surface area contributed by atoms with Crippen molar-refractivity contribution < 1.29 is 9.53 Å². The third kappa shape index (κ3) is 3.77. The summed E-state index contributed by atoms with van der Waals surface area (Å²) in [4.78, 5) is 20.9. The number of para-hydroxylation sites is 1. The Kier molecular flexibility index (Phi) is 5.00. The van der Waals surface area contributed by atoms with E-state index < -0.39 is 0 Å². The Morgan fingerprint density at radius 3 is 2.85 bits per heavy atom. The van der Waals surface area contributed by atoms with Gasteiger partial charge in [0.25, 0.3) is 0 Å². The smallest absolute Gasteiger partial charge is 0.308 e. The number of fused-ring (bicyclic) bond motifs is 1. The lowest BCUT2D eigenvalue weighted by atomic mass is 9.86. The second kappa shape index (κ2) is 7.73. The third-order valence-corrected chi connectivity index (χ3v) is 5.02. The number of hydrogen-bond acceptors (Lipinski definition) is 6. The molecule has 3 aromatic rings. The first-order valence-corrected chi connectivity index (χ1v) is 9.44. The van der Waals surface area contributed by atoms with Crippen molar-refractivity contribution >= 4 is 22.8 Å². The summed E-state index contributed by atoms with van der Waals surface area (Å²) in [5.74, 6) is 1.27. The zero-order valence-corrected chi connectivity index (χ0v) is 15.3. The van der Waals surface area contributed by atoms with Crippen molar-refractivity contribution in [2.45, 2.75) is 38.6 Å². The van der Waals surface area contributed by atoms with E-state index in [0.717, 1.165) is 42.4 Å². The zero-order chi connectivity index (χ0) is 18.6. The van der Waals surface area contributed by atoms with Crippen LogP contribution < -0.4 is 5.32 Å². The summed E-state index contributed by atoms with van der Waals surface area (Å²) >= 11 is 0. The normalized spacial score (nSPS) is 19.7. The van der Waals surface area contributed by atoms with E-state index in [1.54, 1.807) is 6.20 Å². The predicted octanol–water partition coefficient (Wildman–Crippen LogP) is 3.35. The van der Waals surface area contributed by atoms with E-state index >= 15 is 0 Å². The zero-order valence-electron chi connectivity index (χ0n) is 15.3. The average Bonchev–Trinajstić information content (AvgIpc) is 3.13. The molecule has 140 valence electrons. The number of esters is 1. The highest BCUT2D eigenvalue weighted by molar-refractivity contribution is 5.79. The van der Waals surface area contributed by atoms with Crippen molar-refractivity contribution in [3.8, 4) is 5.82 Å². The van der Waals surface area contributed by atoms with Gasteiger partial charge in [-0.2, -0.15) is 10.1 Å². The van der Waals surface area contributed by atoms with E-state index in [1.165, 1.54) is 0 Å². The Morgan fingerprint density at radius 2 is 2.04 bits per heavy atom. The minimum absolute atomic E-state index is 0.0192. The standard InChI is InChI=1S/C20H23N5O2/c1-2-27-19(26)14-7-9-16(10-8-14)23-20-21-12-11-18(24-20)25-17-6-4-3-5-15(17)13-22-25/h3-6,11-14,16H,2,7-10H2,1H3,(H,21,23,24). The topological polar surface area (TPSA) is 81.9 Å². The van der Waals surface area contributed by atoms with E-state index in [9.17, 15) is 4.79 Å². The van der Waals surface area contributed by atoms with Crippen LogP contribution in [0.1, 0.15) is 32.6 Å². The lowest BCUT2D eigenvalue weighted by Gasteiger charge is -2.27. The minimum atomic E-state index is -0.0697. The molecule has 7 heteroatoms. The molecule has 1 saturated carbocycles. The quantitative estimate of drug-likeness (QED) is 0.698. The van der Waals surface area contributed by atoms with Crippen molar-refractivity contribution in [1.29, 1.82) is 0 Å². The molecule has 1 aliphatic carbocycles. The monoisotopic (exact) mass is 365 g/mol. The van der Waals surface area contributed by atoms with Gasteiger partial charge in [-0.05, 0) is 38.7 Å². The lowest BCUT2D eigenvalue weighted by molar-refractivity contribution is -0.149. The van der Waals surface area contributed by atoms with Gasteiger partial charge in [-0.25, -0.2) is 9.67 Å². The third-order valence-electron chi connectivity index (χ3n) is 5.02. The van der Waals surface area contributed by atoms with Crippen LogP contribution in [0.25, 0.3) is 16.7 Å². The number of anilines is 1. The van der Waals surface area contributed by atoms with Gasteiger partial charge in [0.2, 0.25) is 5.95 Å². The van der Waals surface area contributed by atoms with Gasteiger partial charge in [0.15, 0.2) is 5.82 Å². The maximum atomic E-state index is 11.9. The summed E-state index contributed by atoms with van der Waals surface area (Å²) in [7, 11) is 0. The fourth-order valence-corrected chi connectivity index (χ4v) is 3.61. The summed E-state index contributed by atoms with van der Waals surface area (Å²) in [5.41, 5.74) is 1.01. The summed E-state index contributed by atoms with van der Waals surface area (Å²) in [6, 6.07) is 10.1. The summed E-state index contributed by atoms with van der Waals surface area (Å²) in [6.45, 7) is 2.29. The first kappa shape index (κ1) is 17.5. The molecule has 0 amide bonds. The maximum Gasteiger partial charge on any atom is 0.308 e. The van der Waals surface area contributed by atoms with E-state index in [-0.39, 0.29) is 17.9 Å². The number of ether oxygens (including phenoxy) is 1. The average molecular weight is 365 g/mol. The summed E-state index contributed by atoms with van der Waals surface area (Å²) < 4.78 is 6.95. The Bertz CT molecular complexity index is 931. The molecular formula is C20H23N5O2. The number of carbonyl (C=O) groups is 1. The van der Waals surface area contributed by atoms with Crippen molar-refractivity contribution in [1.82, 2.24) is 19.7 Å². The predicted molar refractivity (Wildman–Crippen MR) is 103 cm³/mol. The molecular weight excluding hydrogens is 342 g/mol. The van der Waals surface area contributed by atoms with Gasteiger partial charge >= 0.3 is 5.97 Å². The fourth-order valence-electron chi connectivity index (χ4n) is 3.61. The Hall–Kier alpha value is -2.96. The van der Waals surface area contributed by atoms with Gasteiger partial charge < -0.3 is 10.1 Å². The molecule has 1 aliphatic rings. The minimum Gasteiger partial charge on any atom is -0.466 e. The van der Waals surface area contributed by atoms with Gasteiger partial charge in [-0.3, -0.25) is 4.79 Å². The van der Waals surface area contributed by atoms with E-state index in [0.29, 0.717) is 12.6 Å². The Morgan fingerprint density at radius 1 is 1.22 bits per heavy atom. The number of rotatable bonds is 5. The molecule has 7 nitrogen and oxygen atoms in total. The first-order valence-electron chi connectivity index (χ1n) is 9.44. The number of aromatic nitrogens is 4. The van der Waals surface area contributed by atoms with Crippen LogP contribution in [-0.2, 0) is 9.53 Å². The Balaban J connectivity index is 1.44.